The molecule has 23 heavy (non-hydrogen) atoms. The minimum atomic E-state index is -0.749. The summed E-state index contributed by atoms with van der Waals surface area (Å²) in [6.07, 6.45) is 2.43. The molecule has 1 saturated carbocycles. The largest absolute Gasteiger partial charge is 0.508 e. The highest BCUT2D eigenvalue weighted by Gasteiger charge is 2.35. The Morgan fingerprint density at radius 3 is 2.43 bits per heavy atom. The van der Waals surface area contributed by atoms with Crippen LogP contribution in [0.2, 0.25) is 0 Å². The van der Waals surface area contributed by atoms with E-state index in [0.717, 1.165) is 12.8 Å². The van der Waals surface area contributed by atoms with E-state index in [1.807, 2.05) is 0 Å². The number of esters is 1. The van der Waals surface area contributed by atoms with E-state index in [2.05, 4.69) is 20.8 Å². The number of carbonyl (C=O) groups excluding carboxylic acids is 1. The Kier molecular flexibility index (Phi) is 6.05. The summed E-state index contributed by atoms with van der Waals surface area (Å²) in [4.78, 5) is 12.6. The smallest absolute Gasteiger partial charge is 0.340 e. The Morgan fingerprint density at radius 2 is 1.87 bits per heavy atom. The molecule has 4 atom stereocenters. The van der Waals surface area contributed by atoms with E-state index < -0.39 is 6.10 Å². The maximum atomic E-state index is 12.6. The molecule has 0 spiro atoms. The van der Waals surface area contributed by atoms with Crippen molar-refractivity contribution in [1.29, 1.82) is 0 Å². The van der Waals surface area contributed by atoms with Crippen molar-refractivity contribution < 1.29 is 19.4 Å². The second-order valence-electron chi connectivity index (χ2n) is 7.01. The number of phenolic OH excluding ortho intramolecular Hbond substituents is 1. The van der Waals surface area contributed by atoms with Crippen LogP contribution in [0.25, 0.3) is 0 Å². The van der Waals surface area contributed by atoms with Gasteiger partial charge in [0.1, 0.15) is 11.9 Å². The summed E-state index contributed by atoms with van der Waals surface area (Å²) in [7, 11) is 1.50. The van der Waals surface area contributed by atoms with Crippen LogP contribution >= 0.6 is 0 Å². The number of rotatable bonds is 5. The standard InChI is InChI=1S/C19H28O4/c1-12(2)16-10-5-13(3)11-17(16)23-19(21)18(22-4)14-6-8-15(20)9-7-14/h6-9,12-13,16-18,20H,5,10-11H2,1-4H3. The van der Waals surface area contributed by atoms with Crippen molar-refractivity contribution in [2.24, 2.45) is 17.8 Å². The monoisotopic (exact) mass is 320 g/mol. The number of ether oxygens (including phenoxy) is 2. The normalized spacial score (nSPS) is 26.0. The van der Waals surface area contributed by atoms with Gasteiger partial charge >= 0.3 is 5.97 Å². The molecule has 1 aliphatic rings. The number of benzene rings is 1. The SMILES string of the molecule is COC(C(=O)OC1CC(C)CCC1C(C)C)c1ccc(O)cc1. The molecule has 128 valence electrons. The molecule has 1 aliphatic carbocycles. The van der Waals surface area contributed by atoms with Crippen LogP contribution in [0.5, 0.6) is 5.75 Å². The van der Waals surface area contributed by atoms with Gasteiger partial charge in [-0.05, 0) is 48.3 Å². The van der Waals surface area contributed by atoms with Gasteiger partial charge in [0.05, 0.1) is 0 Å². The topological polar surface area (TPSA) is 55.8 Å². The quantitative estimate of drug-likeness (QED) is 0.830. The zero-order chi connectivity index (χ0) is 17.0. The number of hydrogen-bond acceptors (Lipinski definition) is 4. The summed E-state index contributed by atoms with van der Waals surface area (Å²) in [5.74, 6) is 1.31. The fourth-order valence-corrected chi connectivity index (χ4v) is 3.48. The molecular formula is C19H28O4. The van der Waals surface area contributed by atoms with Crippen LogP contribution < -0.4 is 0 Å². The number of methoxy groups -OCH3 is 1. The van der Waals surface area contributed by atoms with Crippen LogP contribution in [0, 0.1) is 17.8 Å². The van der Waals surface area contributed by atoms with Gasteiger partial charge in [-0.25, -0.2) is 4.79 Å². The van der Waals surface area contributed by atoms with Gasteiger partial charge in [0.25, 0.3) is 0 Å². The third-order valence-electron chi connectivity index (χ3n) is 4.87. The Bertz CT molecular complexity index is 509. The first-order valence-electron chi connectivity index (χ1n) is 8.44. The molecule has 1 fully saturated rings. The van der Waals surface area contributed by atoms with E-state index in [1.165, 1.54) is 13.5 Å². The maximum absolute atomic E-state index is 12.6. The van der Waals surface area contributed by atoms with Crippen molar-refractivity contribution >= 4 is 5.97 Å². The van der Waals surface area contributed by atoms with Crippen LogP contribution in [0.3, 0.4) is 0 Å². The molecule has 0 amide bonds. The molecule has 2 rings (SSSR count). The van der Waals surface area contributed by atoms with Gasteiger partial charge in [-0.15, -0.1) is 0 Å². The molecule has 0 heterocycles. The second-order valence-corrected chi connectivity index (χ2v) is 7.01. The third kappa shape index (κ3) is 4.47. The first-order valence-corrected chi connectivity index (χ1v) is 8.44. The molecule has 0 radical (unpaired) electrons. The molecule has 4 nitrogen and oxygen atoms in total. The lowest BCUT2D eigenvalue weighted by Gasteiger charge is -2.37. The lowest BCUT2D eigenvalue weighted by molar-refractivity contribution is -0.168. The molecule has 0 saturated heterocycles. The molecular weight excluding hydrogens is 292 g/mol. The minimum Gasteiger partial charge on any atom is -0.508 e. The molecule has 1 aromatic rings. The highest BCUT2D eigenvalue weighted by molar-refractivity contribution is 5.76. The first-order chi connectivity index (χ1) is 10.9. The summed E-state index contributed by atoms with van der Waals surface area (Å²) in [5, 5.41) is 9.38. The molecule has 0 aliphatic heterocycles. The van der Waals surface area contributed by atoms with Crippen molar-refractivity contribution in [3.63, 3.8) is 0 Å². The molecule has 1 N–H and O–H groups in total. The van der Waals surface area contributed by atoms with Gasteiger partial charge < -0.3 is 14.6 Å². The minimum absolute atomic E-state index is 0.0407. The summed E-state index contributed by atoms with van der Waals surface area (Å²) >= 11 is 0. The van der Waals surface area contributed by atoms with Gasteiger partial charge in [0.2, 0.25) is 0 Å². The lowest BCUT2D eigenvalue weighted by atomic mass is 9.75. The lowest BCUT2D eigenvalue weighted by Crippen LogP contribution is -2.37. The van der Waals surface area contributed by atoms with Gasteiger partial charge in [0.15, 0.2) is 6.10 Å². The Labute approximate surface area is 138 Å². The predicted molar refractivity (Wildman–Crippen MR) is 89.1 cm³/mol. The number of hydrogen-bond donors (Lipinski definition) is 1. The van der Waals surface area contributed by atoms with Crippen molar-refractivity contribution in [2.45, 2.75) is 52.2 Å². The van der Waals surface area contributed by atoms with Crippen molar-refractivity contribution in [3.05, 3.63) is 29.8 Å². The van der Waals surface area contributed by atoms with Crippen molar-refractivity contribution in [2.75, 3.05) is 7.11 Å². The highest BCUT2D eigenvalue weighted by Crippen LogP contribution is 2.36. The zero-order valence-electron chi connectivity index (χ0n) is 14.5. The van der Waals surface area contributed by atoms with E-state index in [9.17, 15) is 9.90 Å². The number of phenols is 1. The van der Waals surface area contributed by atoms with Crippen molar-refractivity contribution in [3.8, 4) is 5.75 Å². The first kappa shape index (κ1) is 17.8. The van der Waals surface area contributed by atoms with Crippen LogP contribution in [0.4, 0.5) is 0 Å². The van der Waals surface area contributed by atoms with Crippen LogP contribution in [-0.4, -0.2) is 24.3 Å². The molecule has 1 aromatic carbocycles. The molecule has 0 aromatic heterocycles. The van der Waals surface area contributed by atoms with E-state index >= 15 is 0 Å². The van der Waals surface area contributed by atoms with Crippen molar-refractivity contribution in [1.82, 2.24) is 0 Å². The Hall–Kier alpha value is -1.55. The number of aromatic hydroxyl groups is 1. The van der Waals surface area contributed by atoms with E-state index in [0.29, 0.717) is 23.3 Å². The maximum Gasteiger partial charge on any atom is 0.340 e. The van der Waals surface area contributed by atoms with Gasteiger partial charge in [-0.1, -0.05) is 39.3 Å². The molecule has 0 bridgehead atoms. The highest BCUT2D eigenvalue weighted by atomic mass is 16.6. The molecule has 4 unspecified atom stereocenters. The fourth-order valence-electron chi connectivity index (χ4n) is 3.48. The van der Waals surface area contributed by atoms with Gasteiger partial charge in [0, 0.05) is 7.11 Å². The average Bonchev–Trinajstić information content (AvgIpc) is 2.49. The zero-order valence-corrected chi connectivity index (χ0v) is 14.5. The second kappa shape index (κ2) is 7.82. The van der Waals surface area contributed by atoms with Gasteiger partial charge in [-0.2, -0.15) is 0 Å². The molecule has 4 heteroatoms. The number of carbonyl (C=O) groups is 1. The van der Waals surface area contributed by atoms with Crippen LogP contribution in [0.15, 0.2) is 24.3 Å². The Balaban J connectivity index is 2.09. The van der Waals surface area contributed by atoms with Crippen LogP contribution in [0.1, 0.15) is 51.7 Å². The summed E-state index contributed by atoms with van der Waals surface area (Å²) in [6.45, 7) is 6.59. The Morgan fingerprint density at radius 1 is 1.22 bits per heavy atom. The summed E-state index contributed by atoms with van der Waals surface area (Å²) in [6, 6.07) is 6.48. The van der Waals surface area contributed by atoms with E-state index in [4.69, 9.17) is 9.47 Å². The predicted octanol–water partition coefficient (Wildman–Crippen LogP) is 4.08. The van der Waals surface area contributed by atoms with E-state index in [1.54, 1.807) is 24.3 Å². The van der Waals surface area contributed by atoms with E-state index in [-0.39, 0.29) is 17.8 Å². The fraction of sp³-hybridized carbons (Fsp3) is 0.632. The van der Waals surface area contributed by atoms with Gasteiger partial charge in [-0.3, -0.25) is 0 Å². The average molecular weight is 320 g/mol. The third-order valence-corrected chi connectivity index (χ3v) is 4.87. The summed E-state index contributed by atoms with van der Waals surface area (Å²) < 4.78 is 11.2. The summed E-state index contributed by atoms with van der Waals surface area (Å²) in [5.41, 5.74) is 0.695. The van der Waals surface area contributed by atoms with Crippen LogP contribution in [-0.2, 0) is 14.3 Å².